The number of nitro groups is 4. The zero-order valence-corrected chi connectivity index (χ0v) is 19.0. The van der Waals surface area contributed by atoms with Crippen LogP contribution in [0.2, 0.25) is 0 Å². The van der Waals surface area contributed by atoms with Crippen molar-refractivity contribution in [1.29, 1.82) is 0 Å². The van der Waals surface area contributed by atoms with Crippen molar-refractivity contribution >= 4 is 46.6 Å². The highest BCUT2D eigenvalue weighted by Crippen LogP contribution is 2.44. The Morgan fingerprint density at radius 3 is 1.38 bits per heavy atom. The molecule has 0 aliphatic carbocycles. The van der Waals surface area contributed by atoms with Gasteiger partial charge in [0.15, 0.2) is 0 Å². The van der Waals surface area contributed by atoms with Gasteiger partial charge in [-0.3, -0.25) is 40.5 Å². The zero-order chi connectivity index (χ0) is 25.3. The number of hydrogen-bond donors (Lipinski definition) is 0. The zero-order valence-electron chi connectivity index (χ0n) is 18.1. The molecule has 3 aromatic carbocycles. The Labute approximate surface area is 193 Å². The minimum Gasteiger partial charge on any atom is -0.258 e. The number of benzene rings is 3. The van der Waals surface area contributed by atoms with Crippen molar-refractivity contribution < 1.29 is 19.7 Å². The first-order valence-corrected chi connectivity index (χ1v) is 11.0. The SMILES string of the molecule is Cc1ccc(P(c2cccc([N+](=O)[O-])c2[N+](=O)[O-])c2cccc([N+](=O)[O-])c2[N+](=O)[O-])c(C)c1C. The highest BCUT2D eigenvalue weighted by Gasteiger charge is 2.39. The monoisotopic (exact) mass is 484 g/mol. The largest absolute Gasteiger partial charge is 0.354 e. The molecule has 0 spiro atoms. The molecule has 0 saturated carbocycles. The van der Waals surface area contributed by atoms with E-state index in [-0.39, 0.29) is 10.6 Å². The molecular formula is C21H17N4O8P. The van der Waals surface area contributed by atoms with E-state index in [9.17, 15) is 40.5 Å². The third kappa shape index (κ3) is 4.18. The summed E-state index contributed by atoms with van der Waals surface area (Å²) in [4.78, 5) is 43.5. The molecule has 0 heterocycles. The molecule has 0 bridgehead atoms. The lowest BCUT2D eigenvalue weighted by Gasteiger charge is -2.22. The van der Waals surface area contributed by atoms with E-state index in [0.29, 0.717) is 10.9 Å². The maximum absolute atomic E-state index is 12.0. The van der Waals surface area contributed by atoms with Crippen LogP contribution in [0.5, 0.6) is 0 Å². The smallest absolute Gasteiger partial charge is 0.258 e. The van der Waals surface area contributed by atoms with Gasteiger partial charge in [0.1, 0.15) is 0 Å². The van der Waals surface area contributed by atoms with Crippen LogP contribution in [-0.4, -0.2) is 19.7 Å². The standard InChI is InChI=1S/C21H17N4O8P/c1-12-10-11-17(14(3)13(12)2)34(18-8-4-6-15(22(26)27)20(18)24(30)31)19-9-5-7-16(23(28)29)21(19)25(32)33/h4-11H,1-3H3. The Kier molecular flexibility index (Phi) is 6.64. The second-order valence-corrected chi connectivity index (χ2v) is 9.42. The first-order chi connectivity index (χ1) is 16.0. The molecule has 0 aliphatic heterocycles. The third-order valence-electron chi connectivity index (χ3n) is 5.50. The summed E-state index contributed by atoms with van der Waals surface area (Å²) in [6, 6.07) is 10.5. The van der Waals surface area contributed by atoms with E-state index in [4.69, 9.17) is 0 Å². The molecule has 0 saturated heterocycles. The maximum atomic E-state index is 12.0. The minimum atomic E-state index is -2.18. The summed E-state index contributed by atoms with van der Waals surface area (Å²) < 4.78 is 0. The Hall–Kier alpha value is -4.31. The third-order valence-corrected chi connectivity index (χ3v) is 8.15. The minimum absolute atomic E-state index is 0.121. The average molecular weight is 484 g/mol. The van der Waals surface area contributed by atoms with E-state index >= 15 is 0 Å². The van der Waals surface area contributed by atoms with E-state index in [1.54, 1.807) is 19.1 Å². The van der Waals surface area contributed by atoms with Crippen molar-refractivity contribution in [1.82, 2.24) is 0 Å². The van der Waals surface area contributed by atoms with Gasteiger partial charge in [0, 0.05) is 20.1 Å². The molecule has 0 radical (unpaired) electrons. The Balaban J connectivity index is 2.55. The molecule has 0 aliphatic rings. The number of aryl methyl sites for hydroxylation is 1. The molecule has 0 fully saturated rings. The molecule has 3 rings (SSSR count). The lowest BCUT2D eigenvalue weighted by atomic mass is 10.1. The molecule has 0 amide bonds. The maximum Gasteiger partial charge on any atom is 0.354 e. The van der Waals surface area contributed by atoms with Crippen molar-refractivity contribution in [2.75, 3.05) is 0 Å². The average Bonchev–Trinajstić information content (AvgIpc) is 2.78. The quantitative estimate of drug-likeness (QED) is 0.275. The van der Waals surface area contributed by atoms with Gasteiger partial charge in [0.05, 0.1) is 30.3 Å². The first-order valence-electron chi connectivity index (χ1n) is 9.67. The molecule has 0 atom stereocenters. The second-order valence-electron chi connectivity index (χ2n) is 7.31. The predicted molar refractivity (Wildman–Crippen MR) is 126 cm³/mol. The Morgan fingerprint density at radius 2 is 1.00 bits per heavy atom. The van der Waals surface area contributed by atoms with Gasteiger partial charge in [-0.15, -0.1) is 0 Å². The van der Waals surface area contributed by atoms with Gasteiger partial charge in [-0.2, -0.15) is 0 Å². The van der Waals surface area contributed by atoms with Crippen LogP contribution < -0.4 is 15.9 Å². The number of para-hydroxylation sites is 2. The van der Waals surface area contributed by atoms with Gasteiger partial charge in [-0.25, -0.2) is 0 Å². The predicted octanol–water partition coefficient (Wildman–Crippen LogP) is 4.00. The van der Waals surface area contributed by atoms with Crippen molar-refractivity contribution in [3.8, 4) is 0 Å². The molecule has 0 unspecified atom stereocenters. The molecule has 0 N–H and O–H groups in total. The van der Waals surface area contributed by atoms with Crippen molar-refractivity contribution in [3.63, 3.8) is 0 Å². The number of hydrogen-bond acceptors (Lipinski definition) is 8. The highest BCUT2D eigenvalue weighted by atomic mass is 31.1. The molecular weight excluding hydrogens is 467 g/mol. The van der Waals surface area contributed by atoms with Crippen molar-refractivity contribution in [2.24, 2.45) is 0 Å². The summed E-state index contributed by atoms with van der Waals surface area (Å²) in [6.45, 7) is 5.39. The fourth-order valence-electron chi connectivity index (χ4n) is 3.64. The van der Waals surface area contributed by atoms with Gasteiger partial charge in [0.2, 0.25) is 0 Å². The van der Waals surface area contributed by atoms with Crippen LogP contribution >= 0.6 is 7.92 Å². The lowest BCUT2D eigenvalue weighted by Crippen LogP contribution is -2.27. The van der Waals surface area contributed by atoms with E-state index in [1.165, 1.54) is 24.3 Å². The van der Waals surface area contributed by atoms with E-state index in [2.05, 4.69) is 0 Å². The fourth-order valence-corrected chi connectivity index (χ4v) is 6.43. The normalized spacial score (nSPS) is 10.8. The van der Waals surface area contributed by atoms with Crippen molar-refractivity contribution in [2.45, 2.75) is 20.8 Å². The molecule has 174 valence electrons. The number of nitrogens with zero attached hydrogens (tertiary/aromatic N) is 4. The Bertz CT molecular complexity index is 1300. The summed E-state index contributed by atoms with van der Waals surface area (Å²) in [5, 5.41) is 47.3. The van der Waals surface area contributed by atoms with Crippen LogP contribution in [0.4, 0.5) is 22.7 Å². The van der Waals surface area contributed by atoms with Gasteiger partial charge < -0.3 is 0 Å². The van der Waals surface area contributed by atoms with Crippen LogP contribution in [0.25, 0.3) is 0 Å². The number of rotatable bonds is 7. The van der Waals surface area contributed by atoms with Gasteiger partial charge in [-0.05, 0) is 54.9 Å². The summed E-state index contributed by atoms with van der Waals surface area (Å²) in [5.41, 5.74) is -0.764. The summed E-state index contributed by atoms with van der Waals surface area (Å²) in [6.07, 6.45) is 0. The van der Waals surface area contributed by atoms with Gasteiger partial charge in [0.25, 0.3) is 0 Å². The van der Waals surface area contributed by atoms with E-state index in [1.807, 2.05) is 13.8 Å². The summed E-state index contributed by atoms with van der Waals surface area (Å²) in [5.74, 6) is 0. The molecule has 3 aromatic rings. The van der Waals surface area contributed by atoms with E-state index in [0.717, 1.165) is 23.3 Å². The molecule has 34 heavy (non-hydrogen) atoms. The van der Waals surface area contributed by atoms with Crippen LogP contribution in [0.15, 0.2) is 48.5 Å². The summed E-state index contributed by atoms with van der Waals surface area (Å²) >= 11 is 0. The Morgan fingerprint density at radius 1 is 0.559 bits per heavy atom. The fraction of sp³-hybridized carbons (Fsp3) is 0.143. The van der Waals surface area contributed by atoms with Crippen LogP contribution in [0, 0.1) is 61.2 Å². The summed E-state index contributed by atoms with van der Waals surface area (Å²) in [7, 11) is -2.18. The molecule has 13 heteroatoms. The molecule has 0 aromatic heterocycles. The van der Waals surface area contributed by atoms with Crippen molar-refractivity contribution in [3.05, 3.63) is 106 Å². The van der Waals surface area contributed by atoms with Crippen LogP contribution in [-0.2, 0) is 0 Å². The van der Waals surface area contributed by atoms with Gasteiger partial charge in [-0.1, -0.05) is 24.3 Å². The van der Waals surface area contributed by atoms with E-state index < -0.39 is 50.4 Å². The van der Waals surface area contributed by atoms with Gasteiger partial charge >= 0.3 is 22.7 Å². The second kappa shape index (κ2) is 9.28. The van der Waals surface area contributed by atoms with Crippen LogP contribution in [0.1, 0.15) is 16.7 Å². The first kappa shape index (κ1) is 24.3. The lowest BCUT2D eigenvalue weighted by molar-refractivity contribution is -0.421. The number of nitro benzene ring substituents is 4. The topological polar surface area (TPSA) is 173 Å². The highest BCUT2D eigenvalue weighted by molar-refractivity contribution is 7.80. The molecule has 12 nitrogen and oxygen atoms in total. The van der Waals surface area contributed by atoms with Crippen LogP contribution in [0.3, 0.4) is 0 Å².